The van der Waals surface area contributed by atoms with Crippen LogP contribution in [0.4, 0.5) is 0 Å². The van der Waals surface area contributed by atoms with E-state index in [0.29, 0.717) is 0 Å². The predicted octanol–water partition coefficient (Wildman–Crippen LogP) is -0.519. The van der Waals surface area contributed by atoms with Gasteiger partial charge in [-0.05, 0) is 12.2 Å². The van der Waals surface area contributed by atoms with Crippen molar-refractivity contribution in [3.8, 4) is 0 Å². The van der Waals surface area contributed by atoms with Crippen molar-refractivity contribution < 1.29 is 42.9 Å². The molecule has 1 aliphatic heterocycles. The lowest BCUT2D eigenvalue weighted by Crippen LogP contribution is -2.66. The van der Waals surface area contributed by atoms with Crippen LogP contribution in [0.5, 0.6) is 0 Å². The van der Waals surface area contributed by atoms with Crippen molar-refractivity contribution in [1.82, 2.24) is 5.32 Å². The normalized spacial score (nSPS) is 26.1. The fourth-order valence-electron chi connectivity index (χ4n) is 2.48. The Balaban J connectivity index is 0.00000729. The highest BCUT2D eigenvalue weighted by Crippen LogP contribution is 2.28. The Kier molecular flexibility index (Phi) is 10.9. The summed E-state index contributed by atoms with van der Waals surface area (Å²) in [5, 5.41) is 2.39. The van der Waals surface area contributed by atoms with Gasteiger partial charge in [0.05, 0.1) is 0 Å². The molecule has 1 rings (SSSR count). The SMILES string of the molecule is Br.CC(=O)OC[C@H]1O[C@@H](NC(N)=S)[C@H](OC(C)=O)[C@@H](OC(C)=O)[C@@H]1OC(C)=O. The molecule has 0 saturated carbocycles. The zero-order valence-electron chi connectivity index (χ0n) is 15.7. The van der Waals surface area contributed by atoms with Crippen molar-refractivity contribution in [2.45, 2.75) is 58.3 Å². The van der Waals surface area contributed by atoms with Crippen molar-refractivity contribution in [2.75, 3.05) is 6.61 Å². The maximum atomic E-state index is 11.6. The summed E-state index contributed by atoms with van der Waals surface area (Å²) < 4.78 is 26.2. The summed E-state index contributed by atoms with van der Waals surface area (Å²) in [7, 11) is 0. The van der Waals surface area contributed by atoms with E-state index in [-0.39, 0.29) is 28.7 Å². The molecule has 1 heterocycles. The van der Waals surface area contributed by atoms with E-state index in [0.717, 1.165) is 20.8 Å². The van der Waals surface area contributed by atoms with E-state index < -0.39 is 54.5 Å². The highest BCUT2D eigenvalue weighted by molar-refractivity contribution is 8.93. The van der Waals surface area contributed by atoms with Crippen LogP contribution in [0, 0.1) is 0 Å². The monoisotopic (exact) mass is 486 g/mol. The van der Waals surface area contributed by atoms with Gasteiger partial charge < -0.3 is 34.7 Å². The summed E-state index contributed by atoms with van der Waals surface area (Å²) in [6.45, 7) is 4.25. The molecule has 0 radical (unpaired) electrons. The van der Waals surface area contributed by atoms with Crippen LogP contribution in [-0.2, 0) is 42.9 Å². The van der Waals surface area contributed by atoms with Gasteiger partial charge in [-0.2, -0.15) is 0 Å². The van der Waals surface area contributed by atoms with Gasteiger partial charge in [0.1, 0.15) is 12.7 Å². The maximum Gasteiger partial charge on any atom is 0.303 e. The fraction of sp³-hybridized carbons (Fsp3) is 0.667. The molecule has 11 nitrogen and oxygen atoms in total. The van der Waals surface area contributed by atoms with Crippen molar-refractivity contribution in [3.05, 3.63) is 0 Å². The zero-order valence-corrected chi connectivity index (χ0v) is 18.2. The molecule has 0 aromatic rings. The number of carbonyl (C=O) groups is 4. The molecular weight excluding hydrogens is 464 g/mol. The molecule has 1 fully saturated rings. The minimum absolute atomic E-state index is 0. The molecule has 1 saturated heterocycles. The summed E-state index contributed by atoms with van der Waals surface area (Å²) >= 11 is 4.78. The Hall–Kier alpha value is -1.99. The highest BCUT2D eigenvalue weighted by atomic mass is 79.9. The first kappa shape index (κ1) is 26.0. The molecule has 0 aromatic heterocycles. The number of carbonyl (C=O) groups excluding carboxylic acids is 4. The number of hydrogen-bond acceptors (Lipinski definition) is 10. The van der Waals surface area contributed by atoms with Crippen molar-refractivity contribution in [3.63, 3.8) is 0 Å². The van der Waals surface area contributed by atoms with E-state index in [1.165, 1.54) is 6.92 Å². The Labute approximate surface area is 177 Å². The van der Waals surface area contributed by atoms with Gasteiger partial charge in [0, 0.05) is 27.7 Å². The van der Waals surface area contributed by atoms with E-state index in [1.54, 1.807) is 0 Å². The van der Waals surface area contributed by atoms with Crippen molar-refractivity contribution in [2.24, 2.45) is 5.73 Å². The molecule has 0 bridgehead atoms. The summed E-state index contributed by atoms with van der Waals surface area (Å²) in [4.78, 5) is 45.8. The van der Waals surface area contributed by atoms with Crippen LogP contribution in [0.2, 0.25) is 0 Å². The molecule has 0 aliphatic carbocycles. The number of rotatable bonds is 6. The summed E-state index contributed by atoms with van der Waals surface area (Å²) in [5.74, 6) is -2.76. The topological polar surface area (TPSA) is 152 Å². The van der Waals surface area contributed by atoms with Crippen LogP contribution in [0.25, 0.3) is 0 Å². The molecule has 3 N–H and O–H groups in total. The predicted molar refractivity (Wildman–Crippen MR) is 102 cm³/mol. The van der Waals surface area contributed by atoms with Crippen molar-refractivity contribution >= 4 is 58.2 Å². The van der Waals surface area contributed by atoms with Gasteiger partial charge in [0.25, 0.3) is 0 Å². The second kappa shape index (κ2) is 11.8. The lowest BCUT2D eigenvalue weighted by atomic mass is 9.97. The minimum atomic E-state index is -1.27. The Morgan fingerprint density at radius 3 is 1.79 bits per heavy atom. The van der Waals surface area contributed by atoms with Crippen LogP contribution >= 0.6 is 29.2 Å². The van der Waals surface area contributed by atoms with Crippen LogP contribution in [0.15, 0.2) is 0 Å². The summed E-state index contributed by atoms with van der Waals surface area (Å²) in [5.41, 5.74) is 5.47. The molecule has 28 heavy (non-hydrogen) atoms. The lowest BCUT2D eigenvalue weighted by Gasteiger charge is -2.44. The Bertz CT molecular complexity index is 618. The number of hydrogen-bond donors (Lipinski definition) is 2. The standard InChI is InChI=1S/C15H22N2O9S.BrH/c1-6(18)22-5-10-11(23-7(2)19)12(24-8(3)20)13(25-9(4)21)14(26-10)17-15(16)27;/h10-14H,5H2,1-4H3,(H3,16,17,27);1H/t10-,11-,12+,13-,14-;/m1./s1. The van der Waals surface area contributed by atoms with Gasteiger partial charge in [0.2, 0.25) is 0 Å². The molecule has 13 heteroatoms. The first-order chi connectivity index (χ1) is 12.5. The first-order valence-corrected chi connectivity index (χ1v) is 8.28. The van der Waals surface area contributed by atoms with Crippen LogP contribution in [0.3, 0.4) is 0 Å². The highest BCUT2D eigenvalue weighted by Gasteiger charge is 2.52. The fourth-order valence-corrected chi connectivity index (χ4v) is 2.60. The molecule has 0 unspecified atom stereocenters. The average Bonchev–Trinajstić information content (AvgIpc) is 2.49. The lowest BCUT2D eigenvalue weighted by molar-refractivity contribution is -0.254. The molecule has 0 spiro atoms. The van der Waals surface area contributed by atoms with Gasteiger partial charge in [-0.1, -0.05) is 0 Å². The van der Waals surface area contributed by atoms with E-state index >= 15 is 0 Å². The molecular formula is C15H23BrN2O9S. The molecule has 5 atom stereocenters. The quantitative estimate of drug-likeness (QED) is 0.282. The van der Waals surface area contributed by atoms with Gasteiger partial charge >= 0.3 is 23.9 Å². The molecule has 160 valence electrons. The number of esters is 4. The van der Waals surface area contributed by atoms with E-state index in [4.69, 9.17) is 41.6 Å². The van der Waals surface area contributed by atoms with Crippen LogP contribution in [0.1, 0.15) is 27.7 Å². The third kappa shape index (κ3) is 8.35. The smallest absolute Gasteiger partial charge is 0.303 e. The second-order valence-corrected chi connectivity index (χ2v) is 6.07. The molecule has 1 aliphatic rings. The number of nitrogens with one attached hydrogen (secondary N) is 1. The van der Waals surface area contributed by atoms with E-state index in [2.05, 4.69) is 5.32 Å². The summed E-state index contributed by atoms with van der Waals surface area (Å²) in [6, 6.07) is 0. The van der Waals surface area contributed by atoms with E-state index in [1.807, 2.05) is 0 Å². The van der Waals surface area contributed by atoms with Crippen LogP contribution in [-0.4, -0.2) is 66.2 Å². The number of ether oxygens (including phenoxy) is 5. The Morgan fingerprint density at radius 1 is 0.893 bits per heavy atom. The second-order valence-electron chi connectivity index (χ2n) is 5.63. The largest absolute Gasteiger partial charge is 0.463 e. The number of halogens is 1. The number of nitrogens with two attached hydrogens (primary N) is 1. The van der Waals surface area contributed by atoms with Gasteiger partial charge in [0.15, 0.2) is 29.7 Å². The number of thiocarbonyl (C=S) groups is 1. The molecule has 0 aromatic carbocycles. The van der Waals surface area contributed by atoms with Gasteiger partial charge in [-0.25, -0.2) is 0 Å². The van der Waals surface area contributed by atoms with Gasteiger partial charge in [-0.3, -0.25) is 19.2 Å². The summed E-state index contributed by atoms with van der Waals surface area (Å²) in [6.07, 6.45) is -5.94. The maximum absolute atomic E-state index is 11.6. The van der Waals surface area contributed by atoms with Crippen LogP contribution < -0.4 is 11.1 Å². The Morgan fingerprint density at radius 2 is 1.36 bits per heavy atom. The van der Waals surface area contributed by atoms with Gasteiger partial charge in [-0.15, -0.1) is 17.0 Å². The van der Waals surface area contributed by atoms with Crippen molar-refractivity contribution in [1.29, 1.82) is 0 Å². The third-order valence-electron chi connectivity index (χ3n) is 3.28. The molecule has 0 amide bonds. The zero-order chi connectivity index (χ0) is 20.7. The first-order valence-electron chi connectivity index (χ1n) is 7.87. The third-order valence-corrected chi connectivity index (χ3v) is 3.39. The minimum Gasteiger partial charge on any atom is -0.463 e. The average molecular weight is 487 g/mol. The van der Waals surface area contributed by atoms with E-state index in [9.17, 15) is 19.2 Å².